The molecule has 0 amide bonds. The monoisotopic (exact) mass is 549 g/mol. The summed E-state index contributed by atoms with van der Waals surface area (Å²) in [6.07, 6.45) is 3.72. The van der Waals surface area contributed by atoms with Crippen molar-refractivity contribution in [3.05, 3.63) is 60.2 Å². The molecule has 0 aliphatic heterocycles. The van der Waals surface area contributed by atoms with Crippen molar-refractivity contribution in [1.82, 2.24) is 14.3 Å². The molecule has 0 spiro atoms. The lowest BCUT2D eigenvalue weighted by molar-refractivity contribution is -0.138. The number of nitrogens with one attached hydrogen (secondary N) is 1. The fraction of sp³-hybridized carbons (Fsp3) is 0.462. The Morgan fingerprint density at radius 2 is 1.86 bits per heavy atom. The minimum atomic E-state index is -3.96. The van der Waals surface area contributed by atoms with Crippen molar-refractivity contribution < 1.29 is 27.1 Å². The average Bonchev–Trinajstić information content (AvgIpc) is 3.16. The van der Waals surface area contributed by atoms with E-state index in [9.17, 15) is 22.7 Å². The predicted octanol–water partition coefficient (Wildman–Crippen LogP) is 5.12. The van der Waals surface area contributed by atoms with Gasteiger partial charge < -0.3 is 14.1 Å². The molecular weight excluding hydrogens is 513 g/mol. The first-order chi connectivity index (χ1) is 17.1. The first-order valence-electron chi connectivity index (χ1n) is 12.2. The van der Waals surface area contributed by atoms with Crippen LogP contribution in [0.5, 0.6) is 0 Å². The highest BCUT2D eigenvalue weighted by atomic mass is 32.2. The third-order valence-corrected chi connectivity index (χ3v) is 13.2. The molecule has 2 N–H and O–H groups in total. The molecule has 0 aliphatic carbocycles. The highest BCUT2D eigenvalue weighted by Gasteiger charge is 2.37. The summed E-state index contributed by atoms with van der Waals surface area (Å²) in [7, 11) is -6.02. The SMILES string of the molecule is CC(C(=O)O)c1cn(C[C@H](CCO[Si](C)(C)C(C)(C)C)NS(=O)(=O)c2ccc(F)cc2)c2ncccc12. The first kappa shape index (κ1) is 29.0. The van der Waals surface area contributed by atoms with Gasteiger partial charge in [0, 0.05) is 37.0 Å². The molecule has 1 unspecified atom stereocenters. The number of pyridine rings is 1. The second kappa shape index (κ2) is 11.0. The van der Waals surface area contributed by atoms with Gasteiger partial charge >= 0.3 is 5.97 Å². The average molecular weight is 550 g/mol. The van der Waals surface area contributed by atoms with Crippen LogP contribution in [0.2, 0.25) is 18.1 Å². The van der Waals surface area contributed by atoms with E-state index in [-0.39, 0.29) is 16.5 Å². The van der Waals surface area contributed by atoms with Gasteiger partial charge in [-0.05, 0) is 73.4 Å². The quantitative estimate of drug-likeness (QED) is 0.321. The van der Waals surface area contributed by atoms with Gasteiger partial charge in [-0.25, -0.2) is 22.5 Å². The largest absolute Gasteiger partial charge is 0.481 e. The second-order valence-corrected chi connectivity index (χ2v) is 17.4. The van der Waals surface area contributed by atoms with Crippen LogP contribution in [-0.2, 0) is 25.8 Å². The third kappa shape index (κ3) is 6.84. The highest BCUT2D eigenvalue weighted by Crippen LogP contribution is 2.36. The smallest absolute Gasteiger partial charge is 0.310 e. The van der Waals surface area contributed by atoms with E-state index in [0.717, 1.165) is 12.1 Å². The van der Waals surface area contributed by atoms with Gasteiger partial charge in [0.15, 0.2) is 8.32 Å². The van der Waals surface area contributed by atoms with Crippen LogP contribution in [-0.4, -0.2) is 50.0 Å². The summed E-state index contributed by atoms with van der Waals surface area (Å²) < 4.78 is 50.6. The zero-order valence-electron chi connectivity index (χ0n) is 22.2. The van der Waals surface area contributed by atoms with Gasteiger partial charge in [-0.15, -0.1) is 0 Å². The number of hydrogen-bond acceptors (Lipinski definition) is 5. The number of hydrogen-bond donors (Lipinski definition) is 2. The van der Waals surface area contributed by atoms with Crippen LogP contribution in [0.1, 0.15) is 45.6 Å². The fourth-order valence-electron chi connectivity index (χ4n) is 3.77. The first-order valence-corrected chi connectivity index (χ1v) is 16.6. The Morgan fingerprint density at radius 3 is 2.46 bits per heavy atom. The molecule has 2 heterocycles. The lowest BCUT2D eigenvalue weighted by Gasteiger charge is -2.36. The van der Waals surface area contributed by atoms with Gasteiger partial charge in [-0.2, -0.15) is 0 Å². The summed E-state index contributed by atoms with van der Waals surface area (Å²) in [6.45, 7) is 12.8. The topological polar surface area (TPSA) is 111 Å². The van der Waals surface area contributed by atoms with Crippen LogP contribution < -0.4 is 4.72 Å². The molecule has 2 atom stereocenters. The number of fused-ring (bicyclic) bond motifs is 1. The predicted molar refractivity (Wildman–Crippen MR) is 144 cm³/mol. The Hall–Kier alpha value is -2.60. The Morgan fingerprint density at radius 1 is 1.22 bits per heavy atom. The van der Waals surface area contributed by atoms with Gasteiger partial charge in [0.25, 0.3) is 0 Å². The summed E-state index contributed by atoms with van der Waals surface area (Å²) >= 11 is 0. The lowest BCUT2D eigenvalue weighted by atomic mass is 10.0. The molecular formula is C26H36FN3O5SSi. The van der Waals surface area contributed by atoms with Crippen LogP contribution in [0.4, 0.5) is 4.39 Å². The molecule has 202 valence electrons. The molecule has 11 heteroatoms. The van der Waals surface area contributed by atoms with Crippen molar-refractivity contribution in [2.45, 2.75) is 75.6 Å². The maximum atomic E-state index is 13.4. The summed E-state index contributed by atoms with van der Waals surface area (Å²) in [5.41, 5.74) is 1.18. The van der Waals surface area contributed by atoms with E-state index in [4.69, 9.17) is 4.43 Å². The Kier molecular flexibility index (Phi) is 8.63. The van der Waals surface area contributed by atoms with Crippen molar-refractivity contribution in [1.29, 1.82) is 0 Å². The van der Waals surface area contributed by atoms with Crippen LogP contribution in [0.25, 0.3) is 11.0 Å². The number of aliphatic carboxylic acids is 1. The number of sulfonamides is 1. The second-order valence-electron chi connectivity index (χ2n) is 10.8. The molecule has 3 aromatic rings. The maximum absolute atomic E-state index is 13.4. The number of benzene rings is 1. The molecule has 8 nitrogen and oxygen atoms in total. The molecule has 3 rings (SSSR count). The van der Waals surface area contributed by atoms with Crippen molar-refractivity contribution in [3.8, 4) is 0 Å². The van der Waals surface area contributed by atoms with E-state index >= 15 is 0 Å². The minimum Gasteiger partial charge on any atom is -0.481 e. The van der Waals surface area contributed by atoms with E-state index in [0.29, 0.717) is 29.6 Å². The van der Waals surface area contributed by atoms with E-state index in [1.165, 1.54) is 12.1 Å². The lowest BCUT2D eigenvalue weighted by Crippen LogP contribution is -2.43. The third-order valence-electron chi connectivity index (χ3n) is 7.10. The number of carboxylic acids is 1. The molecule has 0 bridgehead atoms. The molecule has 0 saturated carbocycles. The Balaban J connectivity index is 1.93. The van der Waals surface area contributed by atoms with E-state index in [1.54, 1.807) is 30.0 Å². The summed E-state index contributed by atoms with van der Waals surface area (Å²) in [4.78, 5) is 16.1. The molecule has 0 fully saturated rings. The molecule has 0 aliphatic rings. The Labute approximate surface area is 219 Å². The van der Waals surface area contributed by atoms with Crippen molar-refractivity contribution in [2.24, 2.45) is 0 Å². The fourth-order valence-corrected chi connectivity index (χ4v) is 6.09. The zero-order chi connectivity index (χ0) is 27.6. The van der Waals surface area contributed by atoms with Gasteiger partial charge in [0.05, 0.1) is 10.8 Å². The Bertz CT molecular complexity index is 1350. The van der Waals surface area contributed by atoms with Gasteiger partial charge in [-0.3, -0.25) is 4.79 Å². The summed E-state index contributed by atoms with van der Waals surface area (Å²) in [5, 5.41) is 10.3. The normalized spacial score (nSPS) is 14.6. The van der Waals surface area contributed by atoms with E-state index < -0.39 is 42.1 Å². The van der Waals surface area contributed by atoms with E-state index in [1.807, 2.05) is 6.07 Å². The molecule has 1 aromatic carbocycles. The maximum Gasteiger partial charge on any atom is 0.310 e. The zero-order valence-corrected chi connectivity index (χ0v) is 24.0. The molecule has 2 aromatic heterocycles. The number of carbonyl (C=O) groups is 1. The van der Waals surface area contributed by atoms with Crippen LogP contribution in [0, 0.1) is 5.82 Å². The summed E-state index contributed by atoms with van der Waals surface area (Å²) in [6, 6.07) is 7.61. The molecule has 37 heavy (non-hydrogen) atoms. The number of rotatable bonds is 11. The van der Waals surface area contributed by atoms with Crippen molar-refractivity contribution in [2.75, 3.05) is 6.61 Å². The number of aromatic nitrogens is 2. The standard InChI is InChI=1S/C26H36FN3O5SSi/c1-18(25(31)32)23-17-30(24-22(23)8-7-14-28-24)16-20(13-15-35-37(5,6)26(2,3)4)29-36(33,34)21-11-9-19(27)10-12-21/h7-12,14,17-18,20,29H,13,15-16H2,1-6H3,(H,31,32)/t18?,20-/m0/s1. The number of carboxylic acid groups (broad SMARTS) is 1. The van der Waals surface area contributed by atoms with Crippen LogP contribution in [0.15, 0.2) is 53.7 Å². The van der Waals surface area contributed by atoms with Crippen molar-refractivity contribution in [3.63, 3.8) is 0 Å². The van der Waals surface area contributed by atoms with Gasteiger partial charge in [0.1, 0.15) is 11.5 Å². The number of halogens is 1. The van der Waals surface area contributed by atoms with Crippen LogP contribution >= 0.6 is 0 Å². The number of nitrogens with zero attached hydrogens (tertiary/aromatic N) is 2. The minimum absolute atomic E-state index is 0.00145. The molecule has 0 radical (unpaired) electrons. The van der Waals surface area contributed by atoms with Gasteiger partial charge in [0.2, 0.25) is 10.0 Å². The van der Waals surface area contributed by atoms with E-state index in [2.05, 4.69) is 43.6 Å². The van der Waals surface area contributed by atoms with Crippen molar-refractivity contribution >= 4 is 35.3 Å². The summed E-state index contributed by atoms with van der Waals surface area (Å²) in [5.74, 6) is -2.24. The van der Waals surface area contributed by atoms with Crippen LogP contribution in [0.3, 0.4) is 0 Å². The molecule has 0 saturated heterocycles. The van der Waals surface area contributed by atoms with Gasteiger partial charge in [-0.1, -0.05) is 20.8 Å². The highest BCUT2D eigenvalue weighted by molar-refractivity contribution is 7.89.